The number of benzene rings is 1. The Morgan fingerprint density at radius 3 is 2.17 bits per heavy atom. The van der Waals surface area contributed by atoms with Crippen LogP contribution in [-0.4, -0.2) is 88.7 Å². The lowest BCUT2D eigenvalue weighted by atomic mass is 9.84. The van der Waals surface area contributed by atoms with Crippen LogP contribution in [0.3, 0.4) is 0 Å². The molecule has 4 atom stereocenters. The van der Waals surface area contributed by atoms with Gasteiger partial charge in [-0.1, -0.05) is 75.2 Å². The van der Waals surface area contributed by atoms with Crippen molar-refractivity contribution in [2.24, 2.45) is 11.3 Å². The van der Waals surface area contributed by atoms with E-state index in [1.54, 1.807) is 23.8 Å². The molecule has 2 fully saturated rings. The number of amides is 4. The first kappa shape index (κ1) is 37.7. The molecule has 3 rings (SSSR count). The van der Waals surface area contributed by atoms with Crippen molar-refractivity contribution in [2.45, 2.75) is 124 Å². The third-order valence-corrected chi connectivity index (χ3v) is 9.87. The first-order valence-corrected chi connectivity index (χ1v) is 17.7. The van der Waals surface area contributed by atoms with Crippen LogP contribution < -0.4 is 10.6 Å². The molecule has 10 heteroatoms. The molecule has 4 amide bonds. The van der Waals surface area contributed by atoms with Crippen LogP contribution in [0.5, 0.6) is 0 Å². The van der Waals surface area contributed by atoms with Gasteiger partial charge in [-0.25, -0.2) is 0 Å². The number of nitrogens with one attached hydrogen (secondary N) is 2. The molecule has 1 aromatic rings. The topological polar surface area (TPSA) is 102 Å². The summed E-state index contributed by atoms with van der Waals surface area (Å²) in [5, 5.41) is 6.13. The predicted octanol–water partition coefficient (Wildman–Crippen LogP) is 5.28. The van der Waals surface area contributed by atoms with Gasteiger partial charge >= 0.3 is 0 Å². The molecule has 256 valence electrons. The second kappa shape index (κ2) is 16.4. The first-order chi connectivity index (χ1) is 21.5. The molecule has 0 spiro atoms. The maximum absolute atomic E-state index is 14.1. The summed E-state index contributed by atoms with van der Waals surface area (Å²) < 4.78 is 0.973. The van der Waals surface area contributed by atoms with Gasteiger partial charge in [-0.3, -0.25) is 24.1 Å². The van der Waals surface area contributed by atoms with E-state index in [1.807, 2.05) is 65.0 Å². The lowest BCUT2D eigenvalue weighted by Gasteiger charge is -2.41. The zero-order valence-corrected chi connectivity index (χ0v) is 30.9. The minimum atomic E-state index is -0.732. The number of carbonyl (C=O) groups is 4. The Kier molecular flexibility index (Phi) is 13.5. The summed E-state index contributed by atoms with van der Waals surface area (Å²) in [4.78, 5) is 60.2. The van der Waals surface area contributed by atoms with Crippen molar-refractivity contribution in [3.05, 3.63) is 46.0 Å². The molecule has 1 unspecified atom stereocenters. The third-order valence-electron chi connectivity index (χ3n) is 9.34. The van der Waals surface area contributed by atoms with E-state index in [-0.39, 0.29) is 47.7 Å². The molecule has 0 saturated carbocycles. The standard InChI is InChI=1S/C36H56BrN5O4/c1-23(2)30(40(9)35(46)31(36(6,7)8)39-33(44)29-13-10-11-19-41(29)24(3)4)21-25(5)34(45)42-20-12-14-28(42)32(43)38-22-26-15-17-27(37)18-16-26/h15-18,21,23-24,28-31H,10-14,19-20,22H2,1-9H3,(H,38,43)(H,39,44)/t28-,29?,30+,31+/m0/s1. The smallest absolute Gasteiger partial charge is 0.249 e. The highest BCUT2D eigenvalue weighted by atomic mass is 79.9. The van der Waals surface area contributed by atoms with Crippen molar-refractivity contribution in [3.63, 3.8) is 0 Å². The number of halogens is 1. The van der Waals surface area contributed by atoms with Crippen LogP contribution in [0, 0.1) is 11.3 Å². The van der Waals surface area contributed by atoms with Crippen LogP contribution in [-0.2, 0) is 25.7 Å². The van der Waals surface area contributed by atoms with E-state index in [0.29, 0.717) is 25.1 Å². The lowest BCUT2D eigenvalue weighted by molar-refractivity contribution is -0.142. The Morgan fingerprint density at radius 1 is 0.957 bits per heavy atom. The number of hydrogen-bond donors (Lipinski definition) is 2. The van der Waals surface area contributed by atoms with Crippen LogP contribution >= 0.6 is 15.9 Å². The maximum Gasteiger partial charge on any atom is 0.249 e. The summed E-state index contributed by atoms with van der Waals surface area (Å²) >= 11 is 3.43. The Balaban J connectivity index is 1.74. The van der Waals surface area contributed by atoms with Crippen LogP contribution in [0.1, 0.15) is 93.1 Å². The fourth-order valence-electron chi connectivity index (χ4n) is 6.59. The number of hydrogen-bond acceptors (Lipinski definition) is 5. The molecule has 2 aliphatic heterocycles. The van der Waals surface area contributed by atoms with E-state index in [2.05, 4.69) is 45.3 Å². The second-order valence-corrected chi connectivity index (χ2v) is 15.6. The highest BCUT2D eigenvalue weighted by Gasteiger charge is 2.40. The number of likely N-dealkylation sites (N-methyl/N-ethyl adjacent to an activating group) is 1. The van der Waals surface area contributed by atoms with Crippen molar-refractivity contribution in [2.75, 3.05) is 20.1 Å². The van der Waals surface area contributed by atoms with E-state index in [0.717, 1.165) is 42.3 Å². The third kappa shape index (κ3) is 9.66. The molecule has 0 bridgehead atoms. The number of carbonyl (C=O) groups excluding carboxylic acids is 4. The van der Waals surface area contributed by atoms with Crippen LogP contribution in [0.15, 0.2) is 40.4 Å². The fourth-order valence-corrected chi connectivity index (χ4v) is 6.85. The van der Waals surface area contributed by atoms with Crippen molar-refractivity contribution in [1.82, 2.24) is 25.3 Å². The summed E-state index contributed by atoms with van der Waals surface area (Å²) in [6, 6.07) is 6.11. The van der Waals surface area contributed by atoms with Gasteiger partial charge in [-0.2, -0.15) is 0 Å². The molecule has 0 aromatic heterocycles. The highest BCUT2D eigenvalue weighted by Crippen LogP contribution is 2.27. The fraction of sp³-hybridized carbons (Fsp3) is 0.667. The van der Waals surface area contributed by atoms with Gasteiger partial charge in [0.1, 0.15) is 12.1 Å². The van der Waals surface area contributed by atoms with E-state index >= 15 is 0 Å². The molecular weight excluding hydrogens is 646 g/mol. The monoisotopic (exact) mass is 701 g/mol. The Hall–Kier alpha value is -2.72. The van der Waals surface area contributed by atoms with Gasteiger partial charge in [-0.15, -0.1) is 0 Å². The molecule has 0 radical (unpaired) electrons. The highest BCUT2D eigenvalue weighted by molar-refractivity contribution is 9.10. The van der Waals surface area contributed by atoms with Crippen molar-refractivity contribution >= 4 is 39.6 Å². The maximum atomic E-state index is 14.1. The summed E-state index contributed by atoms with van der Waals surface area (Å²) in [7, 11) is 1.75. The molecule has 2 aliphatic rings. The average molecular weight is 703 g/mol. The second-order valence-electron chi connectivity index (χ2n) is 14.7. The Morgan fingerprint density at radius 2 is 1.59 bits per heavy atom. The molecule has 46 heavy (non-hydrogen) atoms. The van der Waals surface area contributed by atoms with E-state index < -0.39 is 17.5 Å². The van der Waals surface area contributed by atoms with Crippen molar-refractivity contribution in [3.8, 4) is 0 Å². The minimum absolute atomic E-state index is 0.00591. The summed E-state index contributed by atoms with van der Waals surface area (Å²) in [5.41, 5.74) is 0.953. The SMILES string of the molecule is CC(=C[C@H](C(C)C)N(C)C(=O)[C@@H](NC(=O)C1CCCCN1C(C)C)C(C)(C)C)C(=O)N1CCC[C@H]1C(=O)NCc1ccc(Br)cc1. The van der Waals surface area contributed by atoms with E-state index in [4.69, 9.17) is 0 Å². The first-order valence-electron chi connectivity index (χ1n) is 16.9. The summed E-state index contributed by atoms with van der Waals surface area (Å²) in [5.74, 6) is -0.635. The normalized spacial score (nSPS) is 20.9. The van der Waals surface area contributed by atoms with Crippen molar-refractivity contribution < 1.29 is 19.2 Å². The van der Waals surface area contributed by atoms with Crippen molar-refractivity contribution in [1.29, 1.82) is 0 Å². The molecule has 2 heterocycles. The van der Waals surface area contributed by atoms with Crippen LogP contribution in [0.25, 0.3) is 0 Å². The van der Waals surface area contributed by atoms with Gasteiger partial charge < -0.3 is 20.4 Å². The lowest BCUT2D eigenvalue weighted by Crippen LogP contribution is -2.60. The summed E-state index contributed by atoms with van der Waals surface area (Å²) in [6.07, 6.45) is 6.06. The molecule has 1 aromatic carbocycles. The van der Waals surface area contributed by atoms with Gasteiger partial charge in [0, 0.05) is 36.2 Å². The summed E-state index contributed by atoms with van der Waals surface area (Å²) in [6.45, 7) is 17.7. The number of likely N-dealkylation sites (tertiary alicyclic amines) is 2. The van der Waals surface area contributed by atoms with Gasteiger partial charge in [0.15, 0.2) is 0 Å². The molecule has 2 saturated heterocycles. The molecular formula is C36H56BrN5O4. The van der Waals surface area contributed by atoms with E-state index in [9.17, 15) is 19.2 Å². The number of rotatable bonds is 11. The minimum Gasteiger partial charge on any atom is -0.350 e. The number of piperidine rings is 1. The number of nitrogens with zero attached hydrogens (tertiary/aromatic N) is 3. The van der Waals surface area contributed by atoms with Gasteiger partial charge in [-0.05, 0) is 82.0 Å². The largest absolute Gasteiger partial charge is 0.350 e. The van der Waals surface area contributed by atoms with Crippen LogP contribution in [0.2, 0.25) is 0 Å². The van der Waals surface area contributed by atoms with Gasteiger partial charge in [0.2, 0.25) is 23.6 Å². The Bertz CT molecular complexity index is 1260. The van der Waals surface area contributed by atoms with Crippen LogP contribution in [0.4, 0.5) is 0 Å². The molecule has 9 nitrogen and oxygen atoms in total. The molecule has 2 N–H and O–H groups in total. The van der Waals surface area contributed by atoms with Gasteiger partial charge in [0.05, 0.1) is 12.1 Å². The predicted molar refractivity (Wildman–Crippen MR) is 187 cm³/mol. The average Bonchev–Trinajstić information content (AvgIpc) is 3.50. The zero-order chi connectivity index (χ0) is 34.3. The van der Waals surface area contributed by atoms with Gasteiger partial charge in [0.25, 0.3) is 0 Å². The Labute approximate surface area is 285 Å². The molecule has 0 aliphatic carbocycles. The van der Waals surface area contributed by atoms with E-state index in [1.165, 1.54) is 0 Å². The quantitative estimate of drug-likeness (QED) is 0.306. The zero-order valence-electron chi connectivity index (χ0n) is 29.4.